The van der Waals surface area contributed by atoms with Gasteiger partial charge in [-0.05, 0) is 80.4 Å². The van der Waals surface area contributed by atoms with E-state index in [1.54, 1.807) is 63.3 Å². The van der Waals surface area contributed by atoms with Gasteiger partial charge in [-0.1, -0.05) is 42.5 Å². The van der Waals surface area contributed by atoms with Crippen molar-refractivity contribution >= 4 is 64.8 Å². The van der Waals surface area contributed by atoms with Crippen LogP contribution in [0.3, 0.4) is 0 Å². The average molecular weight is 661 g/mol. The number of rotatable bonds is 6. The summed E-state index contributed by atoms with van der Waals surface area (Å²) in [5, 5.41) is 11.4. The minimum atomic E-state index is -2.46. The number of alkyl halides is 3. The third kappa shape index (κ3) is 7.03. The fraction of sp³-hybridized carbons (Fsp3) is 0.536. The number of hydrogen-bond acceptors (Lipinski definition) is 8. The molecule has 3 aliphatic rings. The quantitative estimate of drug-likeness (QED) is 0.193. The Hall–Kier alpha value is -3.06. The van der Waals surface area contributed by atoms with E-state index in [1.165, 1.54) is 0 Å². The molecule has 0 radical (unpaired) electrons. The van der Waals surface area contributed by atoms with Gasteiger partial charge < -0.3 is 14.6 Å². The van der Waals surface area contributed by atoms with Crippen LogP contribution in [0.4, 0.5) is 9.59 Å². The van der Waals surface area contributed by atoms with Crippen LogP contribution in [0, 0.1) is 11.8 Å². The van der Waals surface area contributed by atoms with Crippen LogP contribution in [0.15, 0.2) is 42.5 Å². The number of carboxylic acids is 1. The number of hydroxylamine groups is 2. The second kappa shape index (κ2) is 12.5. The van der Waals surface area contributed by atoms with Crippen LogP contribution in [-0.4, -0.2) is 77.8 Å². The first-order valence-electron chi connectivity index (χ1n) is 13.6. The van der Waals surface area contributed by atoms with Gasteiger partial charge in [0.2, 0.25) is 17.5 Å². The van der Waals surface area contributed by atoms with Gasteiger partial charge in [0, 0.05) is 6.42 Å². The van der Waals surface area contributed by atoms with Crippen LogP contribution >= 0.6 is 34.8 Å². The molecule has 0 bridgehead atoms. The van der Waals surface area contributed by atoms with Crippen molar-refractivity contribution in [3.05, 3.63) is 48.0 Å². The van der Waals surface area contributed by atoms with Crippen molar-refractivity contribution in [1.29, 1.82) is 0 Å². The topological polar surface area (TPSA) is 143 Å². The second-order valence-electron chi connectivity index (χ2n) is 11.5. The number of amides is 4. The molecular formula is C28H32Cl3N3O9. The number of fused-ring (bicyclic) bond motifs is 1. The van der Waals surface area contributed by atoms with Gasteiger partial charge in [0.25, 0.3) is 0 Å². The van der Waals surface area contributed by atoms with Crippen LogP contribution in [0.1, 0.15) is 52.0 Å². The Morgan fingerprint density at radius 3 is 2.09 bits per heavy atom. The SMILES string of the molecule is CC(C)(C)OC(=O)N1C[C@H](N(OCc2ccccc2)C(=O)OC(Cl)(Cl)Cl)CC[C@]1(C(=O)O)N1C(=O)[C@H]2CC=CC[C@H]2C1=O. The van der Waals surface area contributed by atoms with E-state index in [0.29, 0.717) is 10.5 Å². The third-order valence-corrected chi connectivity index (χ3v) is 7.66. The lowest BCUT2D eigenvalue weighted by Gasteiger charge is -2.50. The number of benzene rings is 1. The summed E-state index contributed by atoms with van der Waals surface area (Å²) in [7, 11) is 0. The highest BCUT2D eigenvalue weighted by molar-refractivity contribution is 6.66. The van der Waals surface area contributed by atoms with Gasteiger partial charge >= 0.3 is 22.1 Å². The van der Waals surface area contributed by atoms with Crippen molar-refractivity contribution in [2.24, 2.45) is 11.8 Å². The fourth-order valence-electron chi connectivity index (χ4n) is 5.57. The highest BCUT2D eigenvalue weighted by Gasteiger charge is 2.64. The Bertz CT molecular complexity index is 1270. The number of ether oxygens (including phenoxy) is 2. The summed E-state index contributed by atoms with van der Waals surface area (Å²) in [6, 6.07) is 7.70. The number of hydrogen-bond donors (Lipinski definition) is 1. The number of imide groups is 1. The van der Waals surface area contributed by atoms with Gasteiger partial charge in [0.05, 0.1) is 24.4 Å². The van der Waals surface area contributed by atoms with Gasteiger partial charge in [-0.3, -0.25) is 19.3 Å². The molecular weight excluding hydrogens is 629 g/mol. The van der Waals surface area contributed by atoms with Crippen molar-refractivity contribution in [3.8, 4) is 0 Å². The first-order valence-corrected chi connectivity index (χ1v) is 14.7. The number of halogens is 3. The van der Waals surface area contributed by atoms with Crippen molar-refractivity contribution < 1.29 is 43.4 Å². The summed E-state index contributed by atoms with van der Waals surface area (Å²) in [5.41, 5.74) is -2.85. The molecule has 0 aromatic heterocycles. The normalized spacial score (nSPS) is 25.8. The average Bonchev–Trinajstić information content (AvgIpc) is 3.17. The predicted molar refractivity (Wildman–Crippen MR) is 153 cm³/mol. The smallest absolute Gasteiger partial charge is 0.437 e. The molecule has 4 rings (SSSR count). The highest BCUT2D eigenvalue weighted by atomic mass is 35.6. The molecule has 15 heteroatoms. The zero-order valence-electron chi connectivity index (χ0n) is 23.7. The van der Waals surface area contributed by atoms with E-state index < -0.39 is 76.1 Å². The van der Waals surface area contributed by atoms with Crippen LogP contribution in [0.2, 0.25) is 0 Å². The van der Waals surface area contributed by atoms with E-state index >= 15 is 0 Å². The molecule has 43 heavy (non-hydrogen) atoms. The highest BCUT2D eigenvalue weighted by Crippen LogP contribution is 2.44. The fourth-order valence-corrected chi connectivity index (χ4v) is 5.77. The minimum absolute atomic E-state index is 0.137. The zero-order valence-corrected chi connectivity index (χ0v) is 26.0. The van der Waals surface area contributed by atoms with Gasteiger partial charge in [-0.2, -0.15) is 5.06 Å². The van der Waals surface area contributed by atoms with Gasteiger partial charge in [-0.15, -0.1) is 0 Å². The predicted octanol–water partition coefficient (Wildman–Crippen LogP) is 5.02. The van der Waals surface area contributed by atoms with Crippen molar-refractivity contribution in [1.82, 2.24) is 14.9 Å². The zero-order chi connectivity index (χ0) is 31.7. The Labute approximate surface area is 263 Å². The van der Waals surface area contributed by atoms with Crippen molar-refractivity contribution in [2.75, 3.05) is 6.54 Å². The van der Waals surface area contributed by atoms with Gasteiger partial charge in [-0.25, -0.2) is 19.3 Å². The van der Waals surface area contributed by atoms with Crippen LogP contribution in [0.25, 0.3) is 0 Å². The maximum absolute atomic E-state index is 13.7. The maximum atomic E-state index is 13.7. The molecule has 0 spiro atoms. The molecule has 2 saturated heterocycles. The summed E-state index contributed by atoms with van der Waals surface area (Å²) in [5.74, 6) is -4.50. The summed E-state index contributed by atoms with van der Waals surface area (Å²) in [6.45, 7) is 4.07. The van der Waals surface area contributed by atoms with Crippen molar-refractivity contribution in [2.45, 2.75) is 74.3 Å². The molecule has 4 amide bonds. The third-order valence-electron chi connectivity index (χ3n) is 7.43. The van der Waals surface area contributed by atoms with Gasteiger partial charge in [0.1, 0.15) is 12.2 Å². The summed E-state index contributed by atoms with van der Waals surface area (Å²) in [6.07, 6.45) is 1.11. The maximum Gasteiger partial charge on any atom is 0.437 e. The standard InChI is InChI=1S/C28H32Cl3N3O9/c1-26(2,3)42-24(39)32-15-18(34(25(40)43-28(29,30)31)41-16-17-9-5-4-6-10-17)13-14-27(32,23(37)38)33-21(35)19-11-7-8-12-20(19)22(33)36/h4-10,18-20H,11-16H2,1-3H3,(H,37,38)/t18-,19-,20+,27-/m1/s1. The molecule has 0 unspecified atom stereocenters. The van der Waals surface area contributed by atoms with E-state index in [4.69, 9.17) is 49.1 Å². The Morgan fingerprint density at radius 2 is 1.58 bits per heavy atom. The Balaban J connectivity index is 1.73. The van der Waals surface area contributed by atoms with Gasteiger partial charge in [0.15, 0.2) is 0 Å². The van der Waals surface area contributed by atoms with Crippen LogP contribution in [0.5, 0.6) is 0 Å². The molecule has 1 N–H and O–H groups in total. The molecule has 234 valence electrons. The van der Waals surface area contributed by atoms with E-state index in [0.717, 1.165) is 9.96 Å². The molecule has 2 fully saturated rings. The molecule has 0 saturated carbocycles. The lowest BCUT2D eigenvalue weighted by molar-refractivity contribution is -0.205. The Morgan fingerprint density at radius 1 is 1.00 bits per heavy atom. The van der Waals surface area contributed by atoms with E-state index in [1.807, 2.05) is 0 Å². The monoisotopic (exact) mass is 659 g/mol. The summed E-state index contributed by atoms with van der Waals surface area (Å²) in [4.78, 5) is 74.5. The first kappa shape index (κ1) is 32.8. The number of likely N-dealkylation sites (tertiary alicyclic amines) is 2. The molecule has 1 aliphatic carbocycles. The lowest BCUT2D eigenvalue weighted by Crippen LogP contribution is -2.73. The molecule has 4 atom stereocenters. The number of piperidine rings is 1. The second-order valence-corrected chi connectivity index (χ2v) is 13.6. The van der Waals surface area contributed by atoms with Crippen LogP contribution in [-0.2, 0) is 35.3 Å². The van der Waals surface area contributed by atoms with E-state index in [2.05, 4.69) is 0 Å². The minimum Gasteiger partial charge on any atom is -0.478 e. The first-order chi connectivity index (χ1) is 20.0. The molecule has 1 aromatic rings. The van der Waals surface area contributed by atoms with Crippen LogP contribution < -0.4 is 0 Å². The number of allylic oxidation sites excluding steroid dienone is 2. The summed E-state index contributed by atoms with van der Waals surface area (Å²) < 4.78 is 7.99. The number of carboxylic acid groups (broad SMARTS) is 1. The van der Waals surface area contributed by atoms with Crippen molar-refractivity contribution in [3.63, 3.8) is 0 Å². The molecule has 2 heterocycles. The number of carbonyl (C=O) groups excluding carboxylic acids is 4. The lowest BCUT2D eigenvalue weighted by atomic mass is 9.85. The largest absolute Gasteiger partial charge is 0.478 e. The molecule has 12 nitrogen and oxygen atoms in total. The Kier molecular flexibility index (Phi) is 9.55. The molecule has 2 aliphatic heterocycles. The number of carbonyl (C=O) groups is 5. The summed E-state index contributed by atoms with van der Waals surface area (Å²) >= 11 is 17.1. The number of aliphatic carboxylic acids is 1. The molecule has 1 aromatic carbocycles. The van der Waals surface area contributed by atoms with E-state index in [9.17, 15) is 29.1 Å². The number of nitrogens with zero attached hydrogens (tertiary/aromatic N) is 3. The van der Waals surface area contributed by atoms with E-state index in [-0.39, 0.29) is 25.9 Å².